The number of nitrogens with zero attached hydrogens (tertiary/aromatic N) is 1. The van der Waals surface area contributed by atoms with Crippen molar-refractivity contribution in [2.24, 2.45) is 5.73 Å². The Kier molecular flexibility index (Phi) is 2.87. The summed E-state index contributed by atoms with van der Waals surface area (Å²) in [4.78, 5) is 14.3. The van der Waals surface area contributed by atoms with Gasteiger partial charge in [-0.05, 0) is 31.0 Å². The van der Waals surface area contributed by atoms with Crippen molar-refractivity contribution in [3.05, 3.63) is 53.5 Å². The van der Waals surface area contributed by atoms with Gasteiger partial charge in [0.05, 0.1) is 6.26 Å². The molecule has 2 aromatic rings. The second-order valence-electron chi connectivity index (χ2n) is 4.94. The molecular formula is C15H16N2O2. The molecule has 3 rings (SSSR count). The lowest BCUT2D eigenvalue weighted by molar-refractivity contribution is 0.0956. The van der Waals surface area contributed by atoms with Crippen molar-refractivity contribution in [3.8, 4) is 0 Å². The van der Waals surface area contributed by atoms with E-state index in [0.29, 0.717) is 12.3 Å². The smallest absolute Gasteiger partial charge is 0.294 e. The predicted molar refractivity (Wildman–Crippen MR) is 73.2 cm³/mol. The number of carbonyl (C=O) groups is 1. The van der Waals surface area contributed by atoms with Crippen LogP contribution in [0.25, 0.3) is 0 Å². The summed E-state index contributed by atoms with van der Waals surface area (Å²) in [5.41, 5.74) is 8.94. The Bertz CT molecular complexity index is 618. The molecule has 2 N–H and O–H groups in total. The summed E-state index contributed by atoms with van der Waals surface area (Å²) in [6.07, 6.45) is 2.34. The highest BCUT2D eigenvalue weighted by atomic mass is 16.3. The van der Waals surface area contributed by atoms with Crippen molar-refractivity contribution in [2.75, 3.05) is 11.4 Å². The van der Waals surface area contributed by atoms with E-state index in [0.717, 1.165) is 23.2 Å². The Labute approximate surface area is 111 Å². The van der Waals surface area contributed by atoms with E-state index >= 15 is 0 Å². The molecule has 4 nitrogen and oxygen atoms in total. The van der Waals surface area contributed by atoms with Crippen molar-refractivity contribution in [2.45, 2.75) is 19.4 Å². The summed E-state index contributed by atoms with van der Waals surface area (Å²) in [6, 6.07) is 9.64. The third-order valence-corrected chi connectivity index (χ3v) is 3.48. The molecule has 1 unspecified atom stereocenters. The van der Waals surface area contributed by atoms with E-state index in [4.69, 9.17) is 10.2 Å². The van der Waals surface area contributed by atoms with E-state index in [-0.39, 0.29) is 11.9 Å². The number of furan rings is 1. The van der Waals surface area contributed by atoms with Crippen LogP contribution in [0.2, 0.25) is 0 Å². The fourth-order valence-electron chi connectivity index (χ4n) is 2.53. The summed E-state index contributed by atoms with van der Waals surface area (Å²) in [5, 5.41) is 0. The van der Waals surface area contributed by atoms with Gasteiger partial charge in [-0.3, -0.25) is 4.79 Å². The minimum Gasteiger partial charge on any atom is -0.459 e. The number of rotatable bonds is 1. The molecule has 98 valence electrons. The molecule has 19 heavy (non-hydrogen) atoms. The van der Waals surface area contributed by atoms with Crippen LogP contribution in [0.4, 0.5) is 5.69 Å². The SMILES string of the molecule is Cc1ccoc1C(=O)N1CC(N)Cc2ccccc21. The van der Waals surface area contributed by atoms with Gasteiger partial charge in [-0.15, -0.1) is 0 Å². The van der Waals surface area contributed by atoms with Crippen molar-refractivity contribution in [1.82, 2.24) is 0 Å². The molecule has 1 atom stereocenters. The number of anilines is 1. The zero-order valence-electron chi connectivity index (χ0n) is 10.8. The highest BCUT2D eigenvalue weighted by Crippen LogP contribution is 2.28. The van der Waals surface area contributed by atoms with E-state index in [9.17, 15) is 4.79 Å². The lowest BCUT2D eigenvalue weighted by atomic mass is 9.98. The average Bonchev–Trinajstić information content (AvgIpc) is 2.83. The molecule has 0 aliphatic carbocycles. The van der Waals surface area contributed by atoms with Gasteiger partial charge in [0.1, 0.15) is 0 Å². The van der Waals surface area contributed by atoms with E-state index in [1.807, 2.05) is 31.2 Å². The van der Waals surface area contributed by atoms with E-state index < -0.39 is 0 Å². The maximum atomic E-state index is 12.6. The van der Waals surface area contributed by atoms with Gasteiger partial charge < -0.3 is 15.1 Å². The van der Waals surface area contributed by atoms with Crippen molar-refractivity contribution in [1.29, 1.82) is 0 Å². The normalized spacial score (nSPS) is 18.2. The lowest BCUT2D eigenvalue weighted by Gasteiger charge is -2.32. The second-order valence-corrected chi connectivity index (χ2v) is 4.94. The van der Waals surface area contributed by atoms with Gasteiger partial charge in [-0.1, -0.05) is 18.2 Å². The number of carbonyl (C=O) groups excluding carboxylic acids is 1. The maximum absolute atomic E-state index is 12.6. The van der Waals surface area contributed by atoms with Crippen LogP contribution >= 0.6 is 0 Å². The Morgan fingerprint density at radius 1 is 1.37 bits per heavy atom. The zero-order valence-corrected chi connectivity index (χ0v) is 10.8. The largest absolute Gasteiger partial charge is 0.459 e. The molecule has 0 radical (unpaired) electrons. The molecule has 0 saturated carbocycles. The van der Waals surface area contributed by atoms with Crippen molar-refractivity contribution >= 4 is 11.6 Å². The van der Waals surface area contributed by atoms with Crippen molar-refractivity contribution in [3.63, 3.8) is 0 Å². The molecule has 1 amide bonds. The molecule has 0 saturated heterocycles. The summed E-state index contributed by atoms with van der Waals surface area (Å²) in [7, 11) is 0. The first kappa shape index (κ1) is 12.0. The molecule has 2 heterocycles. The topological polar surface area (TPSA) is 59.5 Å². The summed E-state index contributed by atoms with van der Waals surface area (Å²) in [5.74, 6) is 0.272. The number of benzene rings is 1. The monoisotopic (exact) mass is 256 g/mol. The van der Waals surface area contributed by atoms with Gasteiger partial charge in [0.25, 0.3) is 5.91 Å². The Balaban J connectivity index is 2.02. The fourth-order valence-corrected chi connectivity index (χ4v) is 2.53. The Morgan fingerprint density at radius 2 is 2.16 bits per heavy atom. The van der Waals surface area contributed by atoms with Gasteiger partial charge in [-0.2, -0.15) is 0 Å². The van der Waals surface area contributed by atoms with Crippen LogP contribution in [0, 0.1) is 6.92 Å². The Morgan fingerprint density at radius 3 is 2.89 bits per heavy atom. The van der Waals surface area contributed by atoms with Crippen LogP contribution in [0.5, 0.6) is 0 Å². The predicted octanol–water partition coefficient (Wildman–Crippen LogP) is 2.12. The summed E-state index contributed by atoms with van der Waals surface area (Å²) < 4.78 is 5.30. The first-order valence-electron chi connectivity index (χ1n) is 6.36. The number of aryl methyl sites for hydroxylation is 1. The minimum atomic E-state index is -0.120. The molecule has 1 aromatic carbocycles. The summed E-state index contributed by atoms with van der Waals surface area (Å²) in [6.45, 7) is 2.39. The van der Waals surface area contributed by atoms with Crippen LogP contribution < -0.4 is 10.6 Å². The third kappa shape index (κ3) is 2.04. The van der Waals surface area contributed by atoms with Crippen LogP contribution in [0.3, 0.4) is 0 Å². The van der Waals surface area contributed by atoms with Crippen LogP contribution in [-0.2, 0) is 6.42 Å². The van der Waals surface area contributed by atoms with E-state index in [1.165, 1.54) is 0 Å². The molecule has 0 bridgehead atoms. The van der Waals surface area contributed by atoms with Crippen LogP contribution in [0.15, 0.2) is 41.0 Å². The number of hydrogen-bond donors (Lipinski definition) is 1. The minimum absolute atomic E-state index is 0.0332. The summed E-state index contributed by atoms with van der Waals surface area (Å²) >= 11 is 0. The van der Waals surface area contributed by atoms with Crippen molar-refractivity contribution < 1.29 is 9.21 Å². The first-order chi connectivity index (χ1) is 9.16. The molecular weight excluding hydrogens is 240 g/mol. The van der Waals surface area contributed by atoms with Gasteiger partial charge in [-0.25, -0.2) is 0 Å². The third-order valence-electron chi connectivity index (χ3n) is 3.48. The highest BCUT2D eigenvalue weighted by molar-refractivity contribution is 6.05. The Hall–Kier alpha value is -2.07. The highest BCUT2D eigenvalue weighted by Gasteiger charge is 2.29. The molecule has 0 spiro atoms. The first-order valence-corrected chi connectivity index (χ1v) is 6.36. The molecule has 1 aliphatic rings. The second kappa shape index (κ2) is 4.55. The van der Waals surface area contributed by atoms with E-state index in [1.54, 1.807) is 17.2 Å². The molecule has 1 aromatic heterocycles. The molecule has 0 fully saturated rings. The number of hydrogen-bond acceptors (Lipinski definition) is 3. The molecule has 4 heteroatoms. The lowest BCUT2D eigenvalue weighted by Crippen LogP contribution is -2.46. The fraction of sp³-hybridized carbons (Fsp3) is 0.267. The van der Waals surface area contributed by atoms with Gasteiger partial charge in [0.15, 0.2) is 5.76 Å². The van der Waals surface area contributed by atoms with Gasteiger partial charge in [0, 0.05) is 23.8 Å². The van der Waals surface area contributed by atoms with Gasteiger partial charge >= 0.3 is 0 Å². The number of nitrogens with two attached hydrogens (primary N) is 1. The standard InChI is InChI=1S/C15H16N2O2/c1-10-6-7-19-14(10)15(18)17-9-12(16)8-11-4-2-3-5-13(11)17/h2-7,12H,8-9,16H2,1H3. The van der Waals surface area contributed by atoms with E-state index in [2.05, 4.69) is 0 Å². The van der Waals surface area contributed by atoms with Crippen LogP contribution in [0.1, 0.15) is 21.7 Å². The maximum Gasteiger partial charge on any atom is 0.294 e. The molecule has 1 aliphatic heterocycles. The number of fused-ring (bicyclic) bond motifs is 1. The average molecular weight is 256 g/mol. The zero-order chi connectivity index (χ0) is 13.4. The number of amides is 1. The number of para-hydroxylation sites is 1. The quantitative estimate of drug-likeness (QED) is 0.850. The van der Waals surface area contributed by atoms with Crippen LogP contribution in [-0.4, -0.2) is 18.5 Å². The van der Waals surface area contributed by atoms with Gasteiger partial charge in [0.2, 0.25) is 0 Å².